The molecule has 0 N–H and O–H groups in total. The van der Waals surface area contributed by atoms with Crippen molar-refractivity contribution in [1.82, 2.24) is 9.21 Å². The summed E-state index contributed by atoms with van der Waals surface area (Å²) in [6.07, 6.45) is 0. The van der Waals surface area contributed by atoms with E-state index in [1.165, 1.54) is 0 Å². The van der Waals surface area contributed by atoms with Gasteiger partial charge in [-0.1, -0.05) is 19.9 Å². The monoisotopic (exact) mass is 332 g/mol. The summed E-state index contributed by atoms with van der Waals surface area (Å²) < 4.78 is 53.2. The van der Waals surface area contributed by atoms with Crippen molar-refractivity contribution < 1.29 is 22.0 Å². The van der Waals surface area contributed by atoms with Gasteiger partial charge < -0.3 is 4.90 Å². The third-order valence-electron chi connectivity index (χ3n) is 3.56. The van der Waals surface area contributed by atoms with Gasteiger partial charge in [0.1, 0.15) is 11.6 Å². The van der Waals surface area contributed by atoms with Crippen LogP contribution >= 0.6 is 0 Å². The van der Waals surface area contributed by atoms with Crippen LogP contribution in [-0.4, -0.2) is 49.7 Å². The number of amides is 1. The first-order valence-corrected chi connectivity index (χ1v) is 8.42. The summed E-state index contributed by atoms with van der Waals surface area (Å²) in [4.78, 5) is 12.5. The van der Waals surface area contributed by atoms with Crippen LogP contribution in [0.15, 0.2) is 23.1 Å². The van der Waals surface area contributed by atoms with Gasteiger partial charge in [-0.05, 0) is 12.1 Å². The van der Waals surface area contributed by atoms with E-state index in [4.69, 9.17) is 0 Å². The minimum Gasteiger partial charge on any atom is -0.340 e. The van der Waals surface area contributed by atoms with E-state index in [2.05, 4.69) is 0 Å². The summed E-state index contributed by atoms with van der Waals surface area (Å²) in [6, 6.07) is 2.94. The van der Waals surface area contributed by atoms with E-state index < -0.39 is 26.6 Å². The van der Waals surface area contributed by atoms with E-state index in [0.717, 1.165) is 22.5 Å². The highest BCUT2D eigenvalue weighted by Crippen LogP contribution is 2.23. The quantitative estimate of drug-likeness (QED) is 0.842. The number of benzene rings is 1. The molecule has 0 spiro atoms. The zero-order chi connectivity index (χ0) is 16.5. The first-order valence-electron chi connectivity index (χ1n) is 6.98. The van der Waals surface area contributed by atoms with Gasteiger partial charge in [-0.15, -0.1) is 0 Å². The average Bonchev–Trinajstić information content (AvgIpc) is 2.46. The zero-order valence-electron chi connectivity index (χ0n) is 12.4. The Morgan fingerprint density at radius 1 is 1.09 bits per heavy atom. The third-order valence-corrected chi connectivity index (χ3v) is 5.51. The zero-order valence-corrected chi connectivity index (χ0v) is 13.2. The molecule has 0 unspecified atom stereocenters. The summed E-state index contributed by atoms with van der Waals surface area (Å²) in [5, 5.41) is 0. The topological polar surface area (TPSA) is 57.7 Å². The SMILES string of the molecule is CC(C)C(=O)N1CCN(S(=O)(=O)c2c(F)cccc2F)CC1. The Labute approximate surface area is 128 Å². The highest BCUT2D eigenvalue weighted by atomic mass is 32.2. The van der Waals surface area contributed by atoms with Crippen molar-refractivity contribution in [2.45, 2.75) is 18.7 Å². The van der Waals surface area contributed by atoms with E-state index in [9.17, 15) is 22.0 Å². The second kappa shape index (κ2) is 6.29. The molecule has 1 heterocycles. The van der Waals surface area contributed by atoms with Crippen molar-refractivity contribution in [3.8, 4) is 0 Å². The fourth-order valence-electron chi connectivity index (χ4n) is 2.37. The predicted molar refractivity (Wildman–Crippen MR) is 76.5 cm³/mol. The van der Waals surface area contributed by atoms with E-state index in [-0.39, 0.29) is 38.0 Å². The lowest BCUT2D eigenvalue weighted by atomic mass is 10.2. The maximum absolute atomic E-state index is 13.7. The van der Waals surface area contributed by atoms with Crippen molar-refractivity contribution in [2.75, 3.05) is 26.2 Å². The molecular weight excluding hydrogens is 314 g/mol. The number of hydrogen-bond donors (Lipinski definition) is 0. The number of carbonyl (C=O) groups is 1. The van der Waals surface area contributed by atoms with Crippen molar-refractivity contribution in [2.24, 2.45) is 5.92 Å². The summed E-state index contributed by atoms with van der Waals surface area (Å²) >= 11 is 0. The van der Waals surface area contributed by atoms with E-state index in [1.807, 2.05) is 0 Å². The largest absolute Gasteiger partial charge is 0.340 e. The molecule has 22 heavy (non-hydrogen) atoms. The smallest absolute Gasteiger partial charge is 0.249 e. The van der Waals surface area contributed by atoms with Gasteiger partial charge in [0.15, 0.2) is 4.90 Å². The van der Waals surface area contributed by atoms with Crippen LogP contribution in [0, 0.1) is 17.6 Å². The fourth-order valence-corrected chi connectivity index (χ4v) is 3.90. The van der Waals surface area contributed by atoms with Gasteiger partial charge in [-0.25, -0.2) is 17.2 Å². The Hall–Kier alpha value is -1.54. The van der Waals surface area contributed by atoms with Crippen LogP contribution in [0.4, 0.5) is 8.78 Å². The number of sulfonamides is 1. The molecule has 1 aliphatic heterocycles. The highest BCUT2D eigenvalue weighted by Gasteiger charge is 2.34. The van der Waals surface area contributed by atoms with Crippen LogP contribution in [0.3, 0.4) is 0 Å². The van der Waals surface area contributed by atoms with Gasteiger partial charge in [0.2, 0.25) is 15.9 Å². The number of halogens is 2. The van der Waals surface area contributed by atoms with Crippen LogP contribution in [0.5, 0.6) is 0 Å². The molecule has 1 aromatic carbocycles. The van der Waals surface area contributed by atoms with Gasteiger partial charge in [0.25, 0.3) is 0 Å². The van der Waals surface area contributed by atoms with Crippen LogP contribution in [-0.2, 0) is 14.8 Å². The molecule has 8 heteroatoms. The lowest BCUT2D eigenvalue weighted by Crippen LogP contribution is -2.51. The van der Waals surface area contributed by atoms with Gasteiger partial charge in [-0.2, -0.15) is 4.31 Å². The Bertz CT molecular complexity index is 648. The minimum atomic E-state index is -4.25. The van der Waals surface area contributed by atoms with Crippen LogP contribution in [0.2, 0.25) is 0 Å². The highest BCUT2D eigenvalue weighted by molar-refractivity contribution is 7.89. The predicted octanol–water partition coefficient (Wildman–Crippen LogP) is 1.45. The first-order chi connectivity index (χ1) is 10.2. The van der Waals surface area contributed by atoms with E-state index >= 15 is 0 Å². The maximum Gasteiger partial charge on any atom is 0.249 e. The van der Waals surface area contributed by atoms with E-state index in [0.29, 0.717) is 0 Å². The molecule has 5 nitrogen and oxygen atoms in total. The number of carbonyl (C=O) groups excluding carboxylic acids is 1. The van der Waals surface area contributed by atoms with Gasteiger partial charge in [0, 0.05) is 32.1 Å². The molecule has 1 aliphatic rings. The van der Waals surface area contributed by atoms with Crippen molar-refractivity contribution in [1.29, 1.82) is 0 Å². The molecule has 1 saturated heterocycles. The molecule has 0 aromatic heterocycles. The maximum atomic E-state index is 13.7. The molecule has 0 saturated carbocycles. The number of piperazine rings is 1. The van der Waals surface area contributed by atoms with E-state index in [1.54, 1.807) is 18.7 Å². The molecule has 0 bridgehead atoms. The van der Waals surface area contributed by atoms with Crippen molar-refractivity contribution in [3.63, 3.8) is 0 Å². The Morgan fingerprint density at radius 3 is 2.05 bits per heavy atom. The average molecular weight is 332 g/mol. The van der Waals surface area contributed by atoms with Gasteiger partial charge in [-0.3, -0.25) is 4.79 Å². The Kier molecular flexibility index (Phi) is 4.81. The minimum absolute atomic E-state index is 0.0224. The molecule has 0 atom stereocenters. The molecule has 0 aliphatic carbocycles. The molecule has 2 rings (SSSR count). The molecule has 1 aromatic rings. The summed E-state index contributed by atoms with van der Waals surface area (Å²) in [5.74, 6) is -2.46. The van der Waals surface area contributed by atoms with Gasteiger partial charge >= 0.3 is 0 Å². The van der Waals surface area contributed by atoms with Crippen LogP contribution in [0.1, 0.15) is 13.8 Å². The second-order valence-electron chi connectivity index (χ2n) is 5.43. The van der Waals surface area contributed by atoms with Crippen molar-refractivity contribution >= 4 is 15.9 Å². The molecular formula is C14H18F2N2O3S. The molecule has 1 fully saturated rings. The summed E-state index contributed by atoms with van der Waals surface area (Å²) in [5.41, 5.74) is 0. The normalized spacial score (nSPS) is 17.0. The number of rotatable bonds is 3. The molecule has 0 radical (unpaired) electrons. The lowest BCUT2D eigenvalue weighted by Gasteiger charge is -2.34. The number of hydrogen-bond acceptors (Lipinski definition) is 3. The Morgan fingerprint density at radius 2 is 1.59 bits per heavy atom. The lowest BCUT2D eigenvalue weighted by molar-refractivity contribution is -0.135. The fraction of sp³-hybridized carbons (Fsp3) is 0.500. The van der Waals surface area contributed by atoms with Gasteiger partial charge in [0.05, 0.1) is 0 Å². The van der Waals surface area contributed by atoms with Crippen LogP contribution < -0.4 is 0 Å². The summed E-state index contributed by atoms with van der Waals surface area (Å²) in [6.45, 7) is 4.00. The second-order valence-corrected chi connectivity index (χ2v) is 7.31. The first kappa shape index (κ1) is 16.8. The molecule has 122 valence electrons. The summed E-state index contributed by atoms with van der Waals surface area (Å²) in [7, 11) is -4.25. The third kappa shape index (κ3) is 3.12. The van der Waals surface area contributed by atoms with Crippen molar-refractivity contribution in [3.05, 3.63) is 29.8 Å². The van der Waals surface area contributed by atoms with Crippen LogP contribution in [0.25, 0.3) is 0 Å². The molecule has 1 amide bonds. The number of nitrogens with zero attached hydrogens (tertiary/aromatic N) is 2. The standard InChI is InChI=1S/C14H18F2N2O3S/c1-10(2)14(19)17-6-8-18(9-7-17)22(20,21)13-11(15)4-3-5-12(13)16/h3-5,10H,6-9H2,1-2H3. The Balaban J connectivity index is 2.19.